The Balaban J connectivity index is 2.00. The number of nitrogens with one attached hydrogen (secondary N) is 1. The summed E-state index contributed by atoms with van der Waals surface area (Å²) in [5.41, 5.74) is 0.858. The molecule has 2 atom stereocenters. The molecule has 1 heterocycles. The third-order valence-corrected chi connectivity index (χ3v) is 3.75. The Bertz CT molecular complexity index is 394. The number of nitrogens with zero attached hydrogens (tertiary/aromatic N) is 1. The van der Waals surface area contributed by atoms with Crippen molar-refractivity contribution in [2.45, 2.75) is 37.6 Å². The summed E-state index contributed by atoms with van der Waals surface area (Å²) >= 11 is 5.79. The minimum atomic E-state index is -2.48. The van der Waals surface area contributed by atoms with Gasteiger partial charge >= 0.3 is 0 Å². The van der Waals surface area contributed by atoms with Crippen molar-refractivity contribution in [3.8, 4) is 0 Å². The highest BCUT2D eigenvalue weighted by Crippen LogP contribution is 2.42. The molecule has 0 spiro atoms. The predicted molar refractivity (Wildman–Crippen MR) is 68.0 cm³/mol. The van der Waals surface area contributed by atoms with Crippen LogP contribution in [0, 0.1) is 5.92 Å². The van der Waals surface area contributed by atoms with Gasteiger partial charge in [0.05, 0.1) is 10.7 Å². The highest BCUT2D eigenvalue weighted by atomic mass is 35.5. The van der Waals surface area contributed by atoms with E-state index in [1.807, 2.05) is 13.1 Å². The van der Waals surface area contributed by atoms with E-state index in [1.54, 1.807) is 12.3 Å². The van der Waals surface area contributed by atoms with Crippen LogP contribution in [-0.4, -0.2) is 18.0 Å². The van der Waals surface area contributed by atoms with Crippen LogP contribution in [0.4, 0.5) is 8.78 Å². The molecule has 1 aliphatic carbocycles. The predicted octanol–water partition coefficient (Wildman–Crippen LogP) is 3.82. The van der Waals surface area contributed by atoms with Crippen LogP contribution in [0.1, 0.15) is 37.4 Å². The molecule has 2 unspecified atom stereocenters. The number of hydrogen-bond donors (Lipinski definition) is 1. The van der Waals surface area contributed by atoms with Crippen LogP contribution in [0.15, 0.2) is 18.3 Å². The number of hydrogen-bond acceptors (Lipinski definition) is 2. The van der Waals surface area contributed by atoms with Crippen molar-refractivity contribution in [3.05, 3.63) is 29.0 Å². The number of aromatic nitrogens is 1. The first-order valence-electron chi connectivity index (χ1n) is 6.17. The molecule has 1 saturated carbocycles. The van der Waals surface area contributed by atoms with Crippen molar-refractivity contribution in [1.29, 1.82) is 0 Å². The molecule has 1 N–H and O–H groups in total. The number of halogens is 3. The second kappa shape index (κ2) is 5.49. The molecule has 0 radical (unpaired) electrons. The SMILES string of the molecule is CNC(CC1CCC(F)(F)C1)c1ccc(Cl)cn1. The second-order valence-corrected chi connectivity index (χ2v) is 5.38. The first-order chi connectivity index (χ1) is 8.50. The van der Waals surface area contributed by atoms with Gasteiger partial charge in [0.25, 0.3) is 0 Å². The summed E-state index contributed by atoms with van der Waals surface area (Å²) in [4.78, 5) is 4.25. The van der Waals surface area contributed by atoms with Gasteiger partial charge < -0.3 is 5.32 Å². The van der Waals surface area contributed by atoms with Crippen molar-refractivity contribution in [2.24, 2.45) is 5.92 Å². The molecule has 1 aliphatic rings. The highest BCUT2D eigenvalue weighted by Gasteiger charge is 2.40. The maximum Gasteiger partial charge on any atom is 0.248 e. The van der Waals surface area contributed by atoms with E-state index >= 15 is 0 Å². The quantitative estimate of drug-likeness (QED) is 0.903. The molecular formula is C13H17ClF2N2. The zero-order valence-electron chi connectivity index (χ0n) is 10.3. The molecule has 5 heteroatoms. The van der Waals surface area contributed by atoms with Gasteiger partial charge in [0, 0.05) is 25.1 Å². The molecule has 0 bridgehead atoms. The number of pyridine rings is 1. The summed E-state index contributed by atoms with van der Waals surface area (Å²) in [6.45, 7) is 0. The molecule has 1 aromatic rings. The van der Waals surface area contributed by atoms with Crippen molar-refractivity contribution in [3.63, 3.8) is 0 Å². The van der Waals surface area contributed by atoms with E-state index in [1.165, 1.54) is 0 Å². The number of rotatable bonds is 4. The minimum Gasteiger partial charge on any atom is -0.312 e. The van der Waals surface area contributed by atoms with E-state index in [0.717, 1.165) is 5.69 Å². The highest BCUT2D eigenvalue weighted by molar-refractivity contribution is 6.30. The smallest absolute Gasteiger partial charge is 0.248 e. The van der Waals surface area contributed by atoms with Crippen LogP contribution in [0.3, 0.4) is 0 Å². The summed E-state index contributed by atoms with van der Waals surface area (Å²) < 4.78 is 26.3. The van der Waals surface area contributed by atoms with Crippen LogP contribution in [-0.2, 0) is 0 Å². The Hall–Kier alpha value is -0.740. The lowest BCUT2D eigenvalue weighted by Crippen LogP contribution is -2.21. The molecule has 0 saturated heterocycles. The van der Waals surface area contributed by atoms with Gasteiger partial charge in [-0.2, -0.15) is 0 Å². The molecule has 0 amide bonds. The summed E-state index contributed by atoms with van der Waals surface area (Å²) in [5.74, 6) is -2.41. The topological polar surface area (TPSA) is 24.9 Å². The van der Waals surface area contributed by atoms with Gasteiger partial charge in [-0.05, 0) is 37.9 Å². The maximum atomic E-state index is 13.2. The molecule has 1 fully saturated rings. The van der Waals surface area contributed by atoms with E-state index in [9.17, 15) is 8.78 Å². The lowest BCUT2D eigenvalue weighted by atomic mass is 9.96. The largest absolute Gasteiger partial charge is 0.312 e. The Kier molecular flexibility index (Phi) is 4.17. The summed E-state index contributed by atoms with van der Waals surface area (Å²) in [5, 5.41) is 3.73. The first-order valence-corrected chi connectivity index (χ1v) is 6.54. The Labute approximate surface area is 111 Å². The first kappa shape index (κ1) is 13.7. The standard InChI is InChI=1S/C13H17ClF2N2/c1-17-12(11-3-2-10(14)8-18-11)6-9-4-5-13(15,16)7-9/h2-3,8-9,12,17H,4-7H2,1H3. The third-order valence-electron chi connectivity index (χ3n) is 3.53. The van der Waals surface area contributed by atoms with Gasteiger partial charge in [-0.3, -0.25) is 4.98 Å². The van der Waals surface area contributed by atoms with Gasteiger partial charge in [-0.1, -0.05) is 11.6 Å². The lowest BCUT2D eigenvalue weighted by Gasteiger charge is -2.19. The Morgan fingerprint density at radius 1 is 1.56 bits per heavy atom. The monoisotopic (exact) mass is 274 g/mol. The molecule has 0 aromatic carbocycles. The van der Waals surface area contributed by atoms with E-state index in [-0.39, 0.29) is 24.8 Å². The van der Waals surface area contributed by atoms with Gasteiger partial charge in [0.1, 0.15) is 0 Å². The van der Waals surface area contributed by atoms with Crippen LogP contribution in [0.2, 0.25) is 5.02 Å². The molecule has 2 rings (SSSR count). The minimum absolute atomic E-state index is 0.00122. The van der Waals surface area contributed by atoms with E-state index in [0.29, 0.717) is 17.9 Å². The fraction of sp³-hybridized carbons (Fsp3) is 0.615. The van der Waals surface area contributed by atoms with Gasteiger partial charge in [-0.25, -0.2) is 8.78 Å². The van der Waals surface area contributed by atoms with Crippen LogP contribution < -0.4 is 5.32 Å². The van der Waals surface area contributed by atoms with E-state index in [2.05, 4.69) is 10.3 Å². The van der Waals surface area contributed by atoms with Crippen LogP contribution in [0.5, 0.6) is 0 Å². The molecular weight excluding hydrogens is 258 g/mol. The molecule has 2 nitrogen and oxygen atoms in total. The molecule has 100 valence electrons. The second-order valence-electron chi connectivity index (χ2n) is 4.94. The summed E-state index contributed by atoms with van der Waals surface area (Å²) in [7, 11) is 1.83. The van der Waals surface area contributed by atoms with Crippen molar-refractivity contribution < 1.29 is 8.78 Å². The van der Waals surface area contributed by atoms with Crippen LogP contribution >= 0.6 is 11.6 Å². The lowest BCUT2D eigenvalue weighted by molar-refractivity contribution is 0.00431. The Morgan fingerprint density at radius 2 is 2.33 bits per heavy atom. The average Bonchev–Trinajstić information content (AvgIpc) is 2.67. The summed E-state index contributed by atoms with van der Waals surface area (Å²) in [6, 6.07) is 3.63. The van der Waals surface area contributed by atoms with Crippen molar-refractivity contribution >= 4 is 11.6 Å². The Morgan fingerprint density at radius 3 is 2.83 bits per heavy atom. The zero-order valence-corrected chi connectivity index (χ0v) is 11.1. The van der Waals surface area contributed by atoms with Gasteiger partial charge in [-0.15, -0.1) is 0 Å². The van der Waals surface area contributed by atoms with Crippen molar-refractivity contribution in [1.82, 2.24) is 10.3 Å². The van der Waals surface area contributed by atoms with Gasteiger partial charge in [0.2, 0.25) is 5.92 Å². The molecule has 1 aromatic heterocycles. The van der Waals surface area contributed by atoms with Crippen molar-refractivity contribution in [2.75, 3.05) is 7.05 Å². The van der Waals surface area contributed by atoms with Crippen LogP contribution in [0.25, 0.3) is 0 Å². The summed E-state index contributed by atoms with van der Waals surface area (Å²) in [6.07, 6.45) is 2.89. The van der Waals surface area contributed by atoms with Gasteiger partial charge in [0.15, 0.2) is 0 Å². The normalized spacial score (nSPS) is 24.1. The van der Waals surface area contributed by atoms with E-state index < -0.39 is 5.92 Å². The zero-order chi connectivity index (χ0) is 13.2. The number of alkyl halides is 2. The average molecular weight is 275 g/mol. The third kappa shape index (κ3) is 3.39. The molecule has 18 heavy (non-hydrogen) atoms. The maximum absolute atomic E-state index is 13.2. The fourth-order valence-corrected chi connectivity index (χ4v) is 2.67. The molecule has 0 aliphatic heterocycles. The van der Waals surface area contributed by atoms with E-state index in [4.69, 9.17) is 11.6 Å². The fourth-order valence-electron chi connectivity index (χ4n) is 2.56.